The minimum absolute atomic E-state index is 0.373. The molecular weight excluding hydrogens is 439 g/mol. The van der Waals surface area contributed by atoms with Crippen LogP contribution in [0.25, 0.3) is 0 Å². The lowest BCUT2D eigenvalue weighted by atomic mass is 10.0. The van der Waals surface area contributed by atoms with Gasteiger partial charge in [0.2, 0.25) is 0 Å². The highest BCUT2D eigenvalue weighted by molar-refractivity contribution is 14.1. The monoisotopic (exact) mass is 464 g/mol. The van der Waals surface area contributed by atoms with Crippen LogP contribution in [0.1, 0.15) is 49.2 Å². The Morgan fingerprint density at radius 2 is 1.81 bits per heavy atom. The fourth-order valence-electron chi connectivity index (χ4n) is 2.49. The van der Waals surface area contributed by atoms with Crippen LogP contribution >= 0.6 is 22.6 Å². The number of hydrogen-bond acceptors (Lipinski definition) is 3. The minimum atomic E-state index is -0.566. The van der Waals surface area contributed by atoms with Gasteiger partial charge in [0.25, 0.3) is 0 Å². The van der Waals surface area contributed by atoms with Crippen molar-refractivity contribution in [2.75, 3.05) is 0 Å². The molecule has 0 spiro atoms. The first kappa shape index (κ1) is 20.5. The Hall–Kier alpha value is -1.82. The summed E-state index contributed by atoms with van der Waals surface area (Å²) >= 11 is 2.21. The summed E-state index contributed by atoms with van der Waals surface area (Å²) in [5.74, 6) is 0.202. The molecule has 26 heavy (non-hydrogen) atoms. The van der Waals surface area contributed by atoms with Gasteiger partial charge in [0.1, 0.15) is 23.5 Å². The summed E-state index contributed by atoms with van der Waals surface area (Å²) in [6.07, 6.45) is 0.650. The lowest BCUT2D eigenvalue weighted by molar-refractivity contribution is 0.00651. The Morgan fingerprint density at radius 1 is 1.15 bits per heavy atom. The van der Waals surface area contributed by atoms with Crippen molar-refractivity contribution in [3.63, 3.8) is 0 Å². The number of halogens is 1. The maximum atomic E-state index is 12.8. The van der Waals surface area contributed by atoms with E-state index in [1.54, 1.807) is 0 Å². The van der Waals surface area contributed by atoms with Gasteiger partial charge in [0.05, 0.1) is 0 Å². The Labute approximate surface area is 169 Å². The molecule has 138 valence electrons. The van der Waals surface area contributed by atoms with Crippen LogP contribution in [-0.4, -0.2) is 11.6 Å². The van der Waals surface area contributed by atoms with Crippen molar-refractivity contribution in [2.45, 2.75) is 46.3 Å². The number of benzene rings is 2. The van der Waals surface area contributed by atoms with E-state index < -0.39 is 5.60 Å². The van der Waals surface area contributed by atoms with E-state index in [0.29, 0.717) is 24.3 Å². The highest BCUT2D eigenvalue weighted by Gasteiger charge is 2.24. The fraction of sp³-hybridized carbons (Fsp3) is 0.318. The molecule has 0 amide bonds. The first-order chi connectivity index (χ1) is 12.2. The van der Waals surface area contributed by atoms with Crippen LogP contribution in [0.4, 0.5) is 0 Å². The van der Waals surface area contributed by atoms with Gasteiger partial charge in [-0.2, -0.15) is 0 Å². The number of allylic oxidation sites excluding steroid dienone is 1. The van der Waals surface area contributed by atoms with Gasteiger partial charge in [-0.1, -0.05) is 42.5 Å². The van der Waals surface area contributed by atoms with Crippen LogP contribution in [0.15, 0.2) is 54.6 Å². The Kier molecular flexibility index (Phi) is 6.87. The second kappa shape index (κ2) is 8.71. The van der Waals surface area contributed by atoms with Gasteiger partial charge in [0, 0.05) is 9.13 Å². The van der Waals surface area contributed by atoms with E-state index >= 15 is 0 Å². The third-order valence-corrected chi connectivity index (χ3v) is 4.09. The molecule has 0 atom stereocenters. The molecule has 0 unspecified atom stereocenters. The summed E-state index contributed by atoms with van der Waals surface area (Å²) in [6.45, 7) is 11.9. The van der Waals surface area contributed by atoms with Gasteiger partial charge in [-0.3, -0.25) is 0 Å². The van der Waals surface area contributed by atoms with E-state index in [0.717, 1.165) is 20.3 Å². The molecule has 0 bridgehead atoms. The summed E-state index contributed by atoms with van der Waals surface area (Å²) in [5, 5.41) is 0. The topological polar surface area (TPSA) is 35.5 Å². The third-order valence-electron chi connectivity index (χ3n) is 3.47. The highest BCUT2D eigenvalue weighted by atomic mass is 127. The number of hydrogen-bond donors (Lipinski definition) is 0. The molecule has 2 rings (SSSR count). The van der Waals surface area contributed by atoms with Crippen LogP contribution in [-0.2, 0) is 17.8 Å². The number of rotatable bonds is 6. The standard InChI is InChI=1S/C22H25IO3/c1-15(2)11-17-12-18(23)13-19(21(24)26-22(3,4)5)20(17)25-14-16-9-7-6-8-10-16/h6-10,12-13H,1,11,14H2,2-5H3. The average Bonchev–Trinajstić information content (AvgIpc) is 2.52. The second-order valence-corrected chi connectivity index (χ2v) is 8.60. The molecule has 0 saturated carbocycles. The summed E-state index contributed by atoms with van der Waals surface area (Å²) in [4.78, 5) is 12.8. The van der Waals surface area contributed by atoms with E-state index in [2.05, 4.69) is 29.2 Å². The Balaban J connectivity index is 2.42. The summed E-state index contributed by atoms with van der Waals surface area (Å²) in [7, 11) is 0. The number of ether oxygens (including phenoxy) is 2. The van der Waals surface area contributed by atoms with Gasteiger partial charge < -0.3 is 9.47 Å². The van der Waals surface area contributed by atoms with E-state index in [4.69, 9.17) is 9.47 Å². The Morgan fingerprint density at radius 3 is 2.38 bits per heavy atom. The molecule has 2 aromatic carbocycles. The smallest absolute Gasteiger partial charge is 0.342 e. The zero-order chi connectivity index (χ0) is 19.3. The van der Waals surface area contributed by atoms with Crippen molar-refractivity contribution in [1.82, 2.24) is 0 Å². The van der Waals surface area contributed by atoms with Crippen LogP contribution in [0.3, 0.4) is 0 Å². The minimum Gasteiger partial charge on any atom is -0.488 e. The van der Waals surface area contributed by atoms with Gasteiger partial charge in [-0.05, 0) is 74.4 Å². The molecule has 3 nitrogen and oxygen atoms in total. The molecular formula is C22H25IO3. The van der Waals surface area contributed by atoms with E-state index in [-0.39, 0.29) is 5.97 Å². The highest BCUT2D eigenvalue weighted by Crippen LogP contribution is 2.31. The van der Waals surface area contributed by atoms with Crippen LogP contribution in [0.2, 0.25) is 0 Å². The average molecular weight is 464 g/mol. The molecule has 0 aliphatic heterocycles. The first-order valence-electron chi connectivity index (χ1n) is 8.52. The second-order valence-electron chi connectivity index (χ2n) is 7.35. The molecule has 2 aromatic rings. The molecule has 0 saturated heterocycles. The Bertz CT molecular complexity index is 789. The number of carbonyl (C=O) groups excluding carboxylic acids is 1. The molecule has 0 N–H and O–H groups in total. The van der Waals surface area contributed by atoms with Crippen LogP contribution in [0, 0.1) is 3.57 Å². The molecule has 4 heteroatoms. The van der Waals surface area contributed by atoms with Crippen molar-refractivity contribution >= 4 is 28.6 Å². The molecule has 0 aromatic heterocycles. The molecule has 0 fully saturated rings. The van der Waals surface area contributed by atoms with Crippen molar-refractivity contribution in [3.8, 4) is 5.75 Å². The lowest BCUT2D eigenvalue weighted by Crippen LogP contribution is -2.24. The molecule has 0 radical (unpaired) electrons. The predicted molar refractivity (Wildman–Crippen MR) is 114 cm³/mol. The zero-order valence-electron chi connectivity index (χ0n) is 15.8. The van der Waals surface area contributed by atoms with Crippen molar-refractivity contribution in [3.05, 3.63) is 74.9 Å². The van der Waals surface area contributed by atoms with Crippen molar-refractivity contribution < 1.29 is 14.3 Å². The number of esters is 1. The maximum Gasteiger partial charge on any atom is 0.342 e. The lowest BCUT2D eigenvalue weighted by Gasteiger charge is -2.22. The summed E-state index contributed by atoms with van der Waals surface area (Å²) in [6, 6.07) is 13.7. The van der Waals surface area contributed by atoms with E-state index in [1.165, 1.54) is 0 Å². The van der Waals surface area contributed by atoms with Crippen LogP contribution in [0.5, 0.6) is 5.75 Å². The van der Waals surface area contributed by atoms with E-state index in [9.17, 15) is 4.79 Å². The van der Waals surface area contributed by atoms with Gasteiger partial charge in [0.15, 0.2) is 0 Å². The third kappa shape index (κ3) is 6.16. The fourth-order valence-corrected chi connectivity index (χ4v) is 3.18. The molecule has 0 heterocycles. The number of carbonyl (C=O) groups is 1. The molecule has 0 aliphatic rings. The van der Waals surface area contributed by atoms with E-state index in [1.807, 2.05) is 70.2 Å². The first-order valence-corrected chi connectivity index (χ1v) is 9.60. The van der Waals surface area contributed by atoms with Gasteiger partial charge in [-0.25, -0.2) is 4.79 Å². The quantitative estimate of drug-likeness (QED) is 0.301. The predicted octanol–water partition coefficient (Wildman–Crippen LogP) is 5.94. The van der Waals surface area contributed by atoms with Crippen molar-refractivity contribution in [1.29, 1.82) is 0 Å². The summed E-state index contributed by atoms with van der Waals surface area (Å²) < 4.78 is 12.7. The normalized spacial score (nSPS) is 11.1. The SMILES string of the molecule is C=C(C)Cc1cc(I)cc(C(=O)OC(C)(C)C)c1OCc1ccccc1. The van der Waals surface area contributed by atoms with Gasteiger partial charge >= 0.3 is 5.97 Å². The maximum absolute atomic E-state index is 12.8. The van der Waals surface area contributed by atoms with Crippen molar-refractivity contribution in [2.24, 2.45) is 0 Å². The van der Waals surface area contributed by atoms with Crippen LogP contribution < -0.4 is 4.74 Å². The molecule has 0 aliphatic carbocycles. The zero-order valence-corrected chi connectivity index (χ0v) is 17.9. The van der Waals surface area contributed by atoms with Gasteiger partial charge in [-0.15, -0.1) is 0 Å². The summed E-state index contributed by atoms with van der Waals surface area (Å²) in [5.41, 5.74) is 2.89. The largest absolute Gasteiger partial charge is 0.488 e.